The molecule has 0 saturated carbocycles. The maximum Gasteiger partial charge on any atom is 0.251 e. The van der Waals surface area contributed by atoms with Crippen molar-refractivity contribution in [1.82, 2.24) is 9.62 Å². The van der Waals surface area contributed by atoms with Crippen LogP contribution < -0.4 is 5.32 Å². The van der Waals surface area contributed by atoms with E-state index in [9.17, 15) is 17.6 Å². The van der Waals surface area contributed by atoms with E-state index >= 15 is 0 Å². The van der Waals surface area contributed by atoms with Gasteiger partial charge in [-0.25, -0.2) is 12.8 Å². The Bertz CT molecular complexity index is 926. The Balaban J connectivity index is 1.69. The monoisotopic (exact) mass is 410 g/mol. The summed E-state index contributed by atoms with van der Waals surface area (Å²) in [7, 11) is -3.93. The van der Waals surface area contributed by atoms with Gasteiger partial charge in [0, 0.05) is 30.2 Å². The van der Waals surface area contributed by atoms with Gasteiger partial charge < -0.3 is 5.32 Å². The summed E-state index contributed by atoms with van der Waals surface area (Å²) in [6.07, 6.45) is 2.11. The van der Waals surface area contributed by atoms with E-state index in [1.165, 1.54) is 10.4 Å². The minimum absolute atomic E-state index is 0.116. The van der Waals surface area contributed by atoms with Gasteiger partial charge in [0.15, 0.2) is 0 Å². The smallest absolute Gasteiger partial charge is 0.251 e. The average Bonchev–Trinajstić information content (AvgIpc) is 3.19. The summed E-state index contributed by atoms with van der Waals surface area (Å²) in [5.41, 5.74) is 1.13. The van der Waals surface area contributed by atoms with Crippen LogP contribution in [0.2, 0.25) is 5.02 Å². The number of benzene rings is 2. The number of nitrogens with one attached hydrogen (secondary N) is 1. The second kappa shape index (κ2) is 8.37. The topological polar surface area (TPSA) is 66.5 Å². The second-order valence-corrected chi connectivity index (χ2v) is 8.73. The van der Waals surface area contributed by atoms with Crippen molar-refractivity contribution >= 4 is 27.5 Å². The van der Waals surface area contributed by atoms with E-state index < -0.39 is 26.6 Å². The second-order valence-electron chi connectivity index (χ2n) is 6.39. The number of sulfonamides is 1. The third-order valence-electron chi connectivity index (χ3n) is 4.49. The predicted octanol–water partition coefficient (Wildman–Crippen LogP) is 3.24. The van der Waals surface area contributed by atoms with Gasteiger partial charge in [0.05, 0.1) is 0 Å². The molecule has 1 amide bonds. The van der Waals surface area contributed by atoms with Crippen LogP contribution in [-0.2, 0) is 16.4 Å². The first-order valence-corrected chi connectivity index (χ1v) is 10.5. The Morgan fingerprint density at radius 3 is 2.44 bits per heavy atom. The third kappa shape index (κ3) is 4.66. The number of amides is 1. The molecule has 5 nitrogen and oxygen atoms in total. The van der Waals surface area contributed by atoms with Crippen molar-refractivity contribution in [3.63, 3.8) is 0 Å². The molecule has 0 radical (unpaired) electrons. The van der Waals surface area contributed by atoms with Crippen LogP contribution in [0.25, 0.3) is 0 Å². The van der Waals surface area contributed by atoms with Gasteiger partial charge in [0.2, 0.25) is 10.0 Å². The van der Waals surface area contributed by atoms with Gasteiger partial charge in [-0.1, -0.05) is 23.7 Å². The Labute approximate surface area is 163 Å². The molecule has 2 aromatic carbocycles. The van der Waals surface area contributed by atoms with Crippen molar-refractivity contribution in [2.45, 2.75) is 24.2 Å². The largest absolute Gasteiger partial charge is 0.352 e. The minimum Gasteiger partial charge on any atom is -0.352 e. The highest BCUT2D eigenvalue weighted by molar-refractivity contribution is 7.89. The Hall–Kier alpha value is -1.96. The average molecular weight is 411 g/mol. The first kappa shape index (κ1) is 19.8. The van der Waals surface area contributed by atoms with E-state index in [1.54, 1.807) is 12.1 Å². The summed E-state index contributed by atoms with van der Waals surface area (Å²) >= 11 is 5.83. The van der Waals surface area contributed by atoms with Crippen molar-refractivity contribution in [2.75, 3.05) is 19.6 Å². The number of carbonyl (C=O) groups excluding carboxylic acids is 1. The molecule has 3 rings (SSSR count). The molecule has 1 aliphatic rings. The fourth-order valence-electron chi connectivity index (χ4n) is 2.98. The molecule has 2 aromatic rings. The van der Waals surface area contributed by atoms with E-state index in [0.717, 1.165) is 30.5 Å². The van der Waals surface area contributed by atoms with Crippen LogP contribution in [0.1, 0.15) is 28.8 Å². The highest BCUT2D eigenvalue weighted by atomic mass is 35.5. The normalized spacial score (nSPS) is 15.0. The summed E-state index contributed by atoms with van der Waals surface area (Å²) in [6.45, 7) is 1.12. The lowest BCUT2D eigenvalue weighted by Gasteiger charge is -2.16. The molecule has 0 aliphatic carbocycles. The van der Waals surface area contributed by atoms with Gasteiger partial charge in [-0.2, -0.15) is 4.31 Å². The Morgan fingerprint density at radius 1 is 1.11 bits per heavy atom. The minimum atomic E-state index is -3.93. The zero-order valence-electron chi connectivity index (χ0n) is 14.6. The van der Waals surface area contributed by atoms with E-state index in [4.69, 9.17) is 11.6 Å². The molecule has 27 heavy (non-hydrogen) atoms. The molecule has 0 atom stereocenters. The zero-order chi connectivity index (χ0) is 19.4. The highest BCUT2D eigenvalue weighted by Gasteiger charge is 2.30. The van der Waals surface area contributed by atoms with Gasteiger partial charge in [0.25, 0.3) is 5.91 Å². The standard InChI is InChI=1S/C19H20ClFN2O3S/c20-16-6-3-14(4-7-16)9-10-22-19(24)15-5-8-17(21)18(13-15)27(25,26)23-11-1-2-12-23/h3-8,13H,1-2,9-12H2,(H,22,24). The molecule has 1 fully saturated rings. The first-order chi connectivity index (χ1) is 12.9. The lowest BCUT2D eigenvalue weighted by Crippen LogP contribution is -2.30. The molecule has 144 valence electrons. The number of nitrogens with zero attached hydrogens (tertiary/aromatic N) is 1. The van der Waals surface area contributed by atoms with Crippen LogP contribution in [0.5, 0.6) is 0 Å². The maximum absolute atomic E-state index is 14.1. The van der Waals surface area contributed by atoms with Crippen molar-refractivity contribution in [2.24, 2.45) is 0 Å². The predicted molar refractivity (Wildman–Crippen MR) is 102 cm³/mol. The Kier molecular flexibility index (Phi) is 6.14. The number of carbonyl (C=O) groups is 1. The van der Waals surface area contributed by atoms with Crippen LogP contribution in [0.3, 0.4) is 0 Å². The SMILES string of the molecule is O=C(NCCc1ccc(Cl)cc1)c1ccc(F)c(S(=O)(=O)N2CCCC2)c1. The van der Waals surface area contributed by atoms with E-state index in [2.05, 4.69) is 5.32 Å². The summed E-state index contributed by atoms with van der Waals surface area (Å²) in [5.74, 6) is -1.29. The molecule has 0 aromatic heterocycles. The lowest BCUT2D eigenvalue weighted by atomic mass is 10.1. The van der Waals surface area contributed by atoms with Gasteiger partial charge in [-0.05, 0) is 55.2 Å². The van der Waals surface area contributed by atoms with Crippen molar-refractivity contribution in [1.29, 1.82) is 0 Å². The molecule has 1 aliphatic heterocycles. The lowest BCUT2D eigenvalue weighted by molar-refractivity contribution is 0.0954. The number of halogens is 2. The van der Waals surface area contributed by atoms with Crippen molar-refractivity contribution in [3.05, 3.63) is 64.4 Å². The zero-order valence-corrected chi connectivity index (χ0v) is 16.2. The molecule has 1 saturated heterocycles. The summed E-state index contributed by atoms with van der Waals surface area (Å²) in [6, 6.07) is 10.7. The van der Waals surface area contributed by atoms with E-state index in [0.29, 0.717) is 31.1 Å². The highest BCUT2D eigenvalue weighted by Crippen LogP contribution is 2.24. The molecule has 1 N–H and O–H groups in total. The van der Waals surface area contributed by atoms with Gasteiger partial charge in [-0.3, -0.25) is 4.79 Å². The molecule has 8 heteroatoms. The fourth-order valence-corrected chi connectivity index (χ4v) is 4.72. The van der Waals surface area contributed by atoms with Gasteiger partial charge >= 0.3 is 0 Å². The van der Waals surface area contributed by atoms with Gasteiger partial charge in [-0.15, -0.1) is 0 Å². The molecule has 0 unspecified atom stereocenters. The Morgan fingerprint density at radius 2 is 1.78 bits per heavy atom. The van der Waals surface area contributed by atoms with Crippen molar-refractivity contribution < 1.29 is 17.6 Å². The molecule has 0 spiro atoms. The summed E-state index contributed by atoms with van der Waals surface area (Å²) in [4.78, 5) is 11.9. The van der Waals surface area contributed by atoms with Crippen LogP contribution in [0.4, 0.5) is 4.39 Å². The molecular weight excluding hydrogens is 391 g/mol. The van der Waals surface area contributed by atoms with E-state index in [-0.39, 0.29) is 5.56 Å². The number of hydrogen-bond acceptors (Lipinski definition) is 3. The van der Waals surface area contributed by atoms with Crippen LogP contribution in [-0.4, -0.2) is 38.3 Å². The van der Waals surface area contributed by atoms with Crippen LogP contribution >= 0.6 is 11.6 Å². The van der Waals surface area contributed by atoms with Crippen molar-refractivity contribution in [3.8, 4) is 0 Å². The number of rotatable bonds is 6. The summed E-state index contributed by atoms with van der Waals surface area (Å²) < 4.78 is 40.6. The first-order valence-electron chi connectivity index (χ1n) is 8.70. The molecule has 1 heterocycles. The van der Waals surface area contributed by atoms with E-state index in [1.807, 2.05) is 12.1 Å². The molecular formula is C19H20ClFN2O3S. The maximum atomic E-state index is 14.1. The molecule has 0 bridgehead atoms. The van der Waals surface area contributed by atoms with Gasteiger partial charge in [0.1, 0.15) is 10.7 Å². The van der Waals surface area contributed by atoms with Crippen LogP contribution in [0.15, 0.2) is 47.4 Å². The summed E-state index contributed by atoms with van der Waals surface area (Å²) in [5, 5.41) is 3.37. The van der Waals surface area contributed by atoms with Crippen LogP contribution in [0, 0.1) is 5.82 Å². The fraction of sp³-hybridized carbons (Fsp3) is 0.316. The quantitative estimate of drug-likeness (QED) is 0.795. The third-order valence-corrected chi connectivity index (χ3v) is 6.65. The number of hydrogen-bond donors (Lipinski definition) is 1.